The van der Waals surface area contributed by atoms with Gasteiger partial charge in [0.25, 0.3) is 0 Å². The number of piperidine rings is 1. The molecule has 1 fully saturated rings. The van der Waals surface area contributed by atoms with Gasteiger partial charge in [0.05, 0.1) is 5.71 Å². The second-order valence-corrected chi connectivity index (χ2v) is 7.83. The molecular weight excluding hydrogens is 344 g/mol. The Bertz CT molecular complexity index is 703. The molecule has 0 atom stereocenters. The van der Waals surface area contributed by atoms with Gasteiger partial charge in [-0.05, 0) is 69.7 Å². The molecule has 2 aromatic carbocycles. The fourth-order valence-corrected chi connectivity index (χ4v) is 3.75. The van der Waals surface area contributed by atoms with Gasteiger partial charge >= 0.3 is 0 Å². The SMILES string of the molecule is Cc1ccc(C(CCCc2ccccc2)=NOCCCN2CCCCC2)cc1. The number of oxime groups is 1. The molecule has 0 N–H and O–H groups in total. The first-order valence-corrected chi connectivity index (χ1v) is 10.8. The molecule has 2 aromatic rings. The van der Waals surface area contributed by atoms with Crippen molar-refractivity contribution in [2.45, 2.75) is 51.9 Å². The number of rotatable bonds is 10. The number of likely N-dealkylation sites (tertiary alicyclic amines) is 1. The van der Waals surface area contributed by atoms with Crippen molar-refractivity contribution >= 4 is 5.71 Å². The van der Waals surface area contributed by atoms with Crippen molar-refractivity contribution in [1.29, 1.82) is 0 Å². The molecule has 0 unspecified atom stereocenters. The third kappa shape index (κ3) is 7.12. The van der Waals surface area contributed by atoms with Gasteiger partial charge in [0.1, 0.15) is 6.61 Å². The molecule has 0 aromatic heterocycles. The van der Waals surface area contributed by atoms with E-state index in [2.05, 4.69) is 71.6 Å². The standard InChI is InChI=1S/C25H34N2O/c1-22-14-16-24(17-15-22)25(13-8-12-23-10-4-2-5-11-23)26-28-21-9-20-27-18-6-3-7-19-27/h2,4-5,10-11,14-17H,3,6-9,12-13,18-21H2,1H3. The summed E-state index contributed by atoms with van der Waals surface area (Å²) >= 11 is 0. The quantitative estimate of drug-likeness (QED) is 0.305. The molecule has 28 heavy (non-hydrogen) atoms. The topological polar surface area (TPSA) is 24.8 Å². The zero-order valence-electron chi connectivity index (χ0n) is 17.3. The second-order valence-electron chi connectivity index (χ2n) is 7.83. The Hall–Kier alpha value is -2.13. The second kappa shape index (κ2) is 11.7. The summed E-state index contributed by atoms with van der Waals surface area (Å²) in [5, 5.41) is 4.54. The summed E-state index contributed by atoms with van der Waals surface area (Å²) in [7, 11) is 0. The normalized spacial score (nSPS) is 15.5. The molecule has 0 radical (unpaired) electrons. The van der Waals surface area contributed by atoms with E-state index in [1.807, 2.05) is 0 Å². The van der Waals surface area contributed by atoms with Gasteiger partial charge in [0, 0.05) is 6.54 Å². The summed E-state index contributed by atoms with van der Waals surface area (Å²) in [5.74, 6) is 0. The smallest absolute Gasteiger partial charge is 0.118 e. The van der Waals surface area contributed by atoms with Crippen molar-refractivity contribution in [3.05, 3.63) is 71.3 Å². The van der Waals surface area contributed by atoms with Crippen molar-refractivity contribution in [1.82, 2.24) is 4.90 Å². The number of hydrogen-bond donors (Lipinski definition) is 0. The van der Waals surface area contributed by atoms with Crippen LogP contribution < -0.4 is 0 Å². The van der Waals surface area contributed by atoms with E-state index in [9.17, 15) is 0 Å². The monoisotopic (exact) mass is 378 g/mol. The van der Waals surface area contributed by atoms with Gasteiger partial charge in [0.2, 0.25) is 0 Å². The van der Waals surface area contributed by atoms with Crippen LogP contribution in [-0.4, -0.2) is 36.9 Å². The van der Waals surface area contributed by atoms with Crippen molar-refractivity contribution in [3.63, 3.8) is 0 Å². The first kappa shape index (κ1) is 20.6. The molecule has 0 bridgehead atoms. The average molecular weight is 379 g/mol. The molecule has 1 saturated heterocycles. The fourth-order valence-electron chi connectivity index (χ4n) is 3.75. The average Bonchev–Trinajstić information content (AvgIpc) is 2.74. The van der Waals surface area contributed by atoms with Crippen LogP contribution in [0.5, 0.6) is 0 Å². The number of benzene rings is 2. The van der Waals surface area contributed by atoms with Gasteiger partial charge in [-0.25, -0.2) is 0 Å². The molecule has 3 rings (SSSR count). The predicted molar refractivity (Wildman–Crippen MR) is 118 cm³/mol. The lowest BCUT2D eigenvalue weighted by molar-refractivity contribution is 0.124. The highest BCUT2D eigenvalue weighted by Crippen LogP contribution is 2.13. The first-order chi connectivity index (χ1) is 13.8. The molecule has 0 spiro atoms. The molecule has 1 aliphatic rings. The van der Waals surface area contributed by atoms with Gasteiger partial charge in [-0.1, -0.05) is 71.7 Å². The van der Waals surface area contributed by atoms with E-state index in [0.717, 1.165) is 37.9 Å². The zero-order valence-corrected chi connectivity index (χ0v) is 17.3. The predicted octanol–water partition coefficient (Wildman–Crippen LogP) is 5.61. The molecule has 1 heterocycles. The summed E-state index contributed by atoms with van der Waals surface area (Å²) in [6, 6.07) is 19.3. The number of hydrogen-bond acceptors (Lipinski definition) is 3. The maximum Gasteiger partial charge on any atom is 0.118 e. The summed E-state index contributed by atoms with van der Waals surface area (Å²) < 4.78 is 0. The Balaban J connectivity index is 1.49. The highest BCUT2D eigenvalue weighted by atomic mass is 16.6. The summed E-state index contributed by atoms with van der Waals surface area (Å²) in [4.78, 5) is 8.29. The van der Waals surface area contributed by atoms with Crippen LogP contribution in [0.2, 0.25) is 0 Å². The Labute approximate surface area is 170 Å². The minimum Gasteiger partial charge on any atom is -0.396 e. The summed E-state index contributed by atoms with van der Waals surface area (Å²) in [6.07, 6.45) is 8.21. The Morgan fingerprint density at radius 1 is 0.929 bits per heavy atom. The van der Waals surface area contributed by atoms with Crippen LogP contribution in [0.3, 0.4) is 0 Å². The van der Waals surface area contributed by atoms with Crippen LogP contribution in [0.1, 0.15) is 55.2 Å². The first-order valence-electron chi connectivity index (χ1n) is 10.8. The zero-order chi connectivity index (χ0) is 19.4. The van der Waals surface area contributed by atoms with E-state index in [1.165, 1.54) is 49.0 Å². The molecule has 3 heteroatoms. The van der Waals surface area contributed by atoms with E-state index < -0.39 is 0 Å². The fraction of sp³-hybridized carbons (Fsp3) is 0.480. The minimum absolute atomic E-state index is 0.699. The largest absolute Gasteiger partial charge is 0.396 e. The molecule has 0 aliphatic carbocycles. The highest BCUT2D eigenvalue weighted by molar-refractivity contribution is 6.00. The van der Waals surface area contributed by atoms with E-state index in [4.69, 9.17) is 4.84 Å². The maximum absolute atomic E-state index is 5.74. The Kier molecular flexibility index (Phi) is 8.57. The van der Waals surface area contributed by atoms with Crippen molar-refractivity contribution < 1.29 is 4.84 Å². The number of nitrogens with zero attached hydrogens (tertiary/aromatic N) is 2. The lowest BCUT2D eigenvalue weighted by Gasteiger charge is -2.25. The molecular formula is C25H34N2O. The van der Waals surface area contributed by atoms with Crippen LogP contribution in [0.15, 0.2) is 59.8 Å². The van der Waals surface area contributed by atoms with Gasteiger partial charge in [-0.2, -0.15) is 0 Å². The Morgan fingerprint density at radius 2 is 1.68 bits per heavy atom. The summed E-state index contributed by atoms with van der Waals surface area (Å²) in [6.45, 7) is 6.44. The van der Waals surface area contributed by atoms with E-state index >= 15 is 0 Å². The van der Waals surface area contributed by atoms with E-state index in [0.29, 0.717) is 6.61 Å². The van der Waals surface area contributed by atoms with Crippen LogP contribution in [-0.2, 0) is 11.3 Å². The third-order valence-corrected chi connectivity index (χ3v) is 5.44. The lowest BCUT2D eigenvalue weighted by Crippen LogP contribution is -2.31. The van der Waals surface area contributed by atoms with Crippen molar-refractivity contribution in [2.75, 3.05) is 26.2 Å². The van der Waals surface area contributed by atoms with Crippen LogP contribution in [0.25, 0.3) is 0 Å². The van der Waals surface area contributed by atoms with Gasteiger partial charge < -0.3 is 9.74 Å². The van der Waals surface area contributed by atoms with Gasteiger partial charge in [0.15, 0.2) is 0 Å². The third-order valence-electron chi connectivity index (χ3n) is 5.44. The highest BCUT2D eigenvalue weighted by Gasteiger charge is 2.09. The summed E-state index contributed by atoms with van der Waals surface area (Å²) in [5.41, 5.74) is 4.90. The minimum atomic E-state index is 0.699. The maximum atomic E-state index is 5.74. The van der Waals surface area contributed by atoms with Gasteiger partial charge in [-0.15, -0.1) is 0 Å². The van der Waals surface area contributed by atoms with Crippen LogP contribution >= 0.6 is 0 Å². The van der Waals surface area contributed by atoms with Gasteiger partial charge in [-0.3, -0.25) is 0 Å². The molecule has 1 aliphatic heterocycles. The van der Waals surface area contributed by atoms with E-state index in [1.54, 1.807) is 0 Å². The molecule has 150 valence electrons. The van der Waals surface area contributed by atoms with Crippen molar-refractivity contribution in [2.24, 2.45) is 5.16 Å². The Morgan fingerprint density at radius 3 is 2.43 bits per heavy atom. The van der Waals surface area contributed by atoms with Crippen molar-refractivity contribution in [3.8, 4) is 0 Å². The molecule has 3 nitrogen and oxygen atoms in total. The molecule has 0 amide bonds. The van der Waals surface area contributed by atoms with Crippen LogP contribution in [0.4, 0.5) is 0 Å². The van der Waals surface area contributed by atoms with E-state index in [-0.39, 0.29) is 0 Å². The lowest BCUT2D eigenvalue weighted by atomic mass is 10.0. The van der Waals surface area contributed by atoms with Crippen LogP contribution in [0, 0.1) is 6.92 Å². The number of aryl methyl sites for hydroxylation is 2. The molecule has 0 saturated carbocycles.